The van der Waals surface area contributed by atoms with Gasteiger partial charge in [0.25, 0.3) is 5.91 Å². The summed E-state index contributed by atoms with van der Waals surface area (Å²) >= 11 is 3.34. The monoisotopic (exact) mass is 366 g/mol. The molecule has 0 aliphatic heterocycles. The topological polar surface area (TPSA) is 107 Å². The minimum absolute atomic E-state index is 0. The fourth-order valence-corrected chi connectivity index (χ4v) is 2.33. The normalized spacial score (nSPS) is 11.4. The Morgan fingerprint density at radius 1 is 1.23 bits per heavy atom. The molecule has 0 aliphatic rings. The molecular weight excluding hydrogens is 348 g/mol. The summed E-state index contributed by atoms with van der Waals surface area (Å²) in [6.07, 6.45) is -0.226. The summed E-state index contributed by atoms with van der Waals surface area (Å²) in [6.45, 7) is 0.551. The first-order valence-corrected chi connectivity index (χ1v) is 7.42. The Morgan fingerprint density at radius 3 is 2.50 bits per heavy atom. The third-order valence-corrected chi connectivity index (χ3v) is 3.60. The molecule has 6 heteroatoms. The van der Waals surface area contributed by atoms with E-state index in [1.165, 1.54) is 0 Å². The molecule has 6 N–H and O–H groups in total. The van der Waals surface area contributed by atoms with Crippen LogP contribution in [0.2, 0.25) is 0 Å². The average molecular weight is 367 g/mol. The van der Waals surface area contributed by atoms with Gasteiger partial charge in [0.1, 0.15) is 6.23 Å². The molecule has 1 amide bonds. The van der Waals surface area contributed by atoms with E-state index in [2.05, 4.69) is 21.2 Å². The van der Waals surface area contributed by atoms with Gasteiger partial charge in [-0.1, -0.05) is 46.3 Å². The van der Waals surface area contributed by atoms with E-state index in [0.717, 1.165) is 16.5 Å². The van der Waals surface area contributed by atoms with Crippen LogP contribution in [0.1, 0.15) is 27.7 Å². The first kappa shape index (κ1) is 18.3. The summed E-state index contributed by atoms with van der Waals surface area (Å²) < 4.78 is 0.881. The number of rotatable bonds is 5. The van der Waals surface area contributed by atoms with Gasteiger partial charge in [-0.15, -0.1) is 0 Å². The number of hydrogen-bond donors (Lipinski definition) is 3. The molecule has 1 unspecified atom stereocenters. The van der Waals surface area contributed by atoms with Crippen LogP contribution < -0.4 is 11.1 Å². The van der Waals surface area contributed by atoms with Gasteiger partial charge in [0, 0.05) is 16.6 Å². The van der Waals surface area contributed by atoms with Gasteiger partial charge in [0.15, 0.2) is 0 Å². The molecule has 0 heterocycles. The van der Waals surface area contributed by atoms with Crippen LogP contribution in [-0.4, -0.2) is 23.0 Å². The summed E-state index contributed by atoms with van der Waals surface area (Å²) in [5.41, 5.74) is 7.76. The van der Waals surface area contributed by atoms with Gasteiger partial charge >= 0.3 is 0 Å². The number of benzene rings is 2. The molecule has 0 radical (unpaired) electrons. The fourth-order valence-electron chi connectivity index (χ4n) is 1.93. The number of nitrogens with one attached hydrogen (secondary N) is 1. The Labute approximate surface area is 137 Å². The van der Waals surface area contributed by atoms with Crippen LogP contribution in [0.25, 0.3) is 0 Å². The number of carbonyl (C=O) groups excluding carboxylic acids is 1. The highest BCUT2D eigenvalue weighted by atomic mass is 79.9. The zero-order valence-corrected chi connectivity index (χ0v) is 13.5. The van der Waals surface area contributed by atoms with E-state index in [0.29, 0.717) is 17.7 Å². The van der Waals surface area contributed by atoms with Crippen LogP contribution in [0.15, 0.2) is 53.0 Å². The fraction of sp³-hybridized carbons (Fsp3) is 0.188. The van der Waals surface area contributed by atoms with Crippen molar-refractivity contribution in [1.29, 1.82) is 0 Å². The zero-order valence-electron chi connectivity index (χ0n) is 11.9. The predicted octanol–water partition coefficient (Wildman–Crippen LogP) is 1.55. The van der Waals surface area contributed by atoms with Crippen molar-refractivity contribution in [3.05, 3.63) is 69.7 Å². The molecule has 118 valence electrons. The minimum atomic E-state index is -0.949. The van der Waals surface area contributed by atoms with E-state index < -0.39 is 6.23 Å². The quantitative estimate of drug-likeness (QED) is 0.698. The Hall–Kier alpha value is -1.73. The Kier molecular flexibility index (Phi) is 7.20. The number of aliphatic hydroxyl groups excluding tert-OH is 1. The van der Waals surface area contributed by atoms with E-state index in [1.54, 1.807) is 24.3 Å². The van der Waals surface area contributed by atoms with Gasteiger partial charge in [-0.2, -0.15) is 0 Å². The summed E-state index contributed by atoms with van der Waals surface area (Å²) in [7, 11) is 0. The third-order valence-electron chi connectivity index (χ3n) is 3.11. The summed E-state index contributed by atoms with van der Waals surface area (Å²) in [5.74, 6) is -0.0923. The summed E-state index contributed by atoms with van der Waals surface area (Å²) in [5, 5.41) is 12.1. The highest BCUT2D eigenvalue weighted by molar-refractivity contribution is 9.10. The van der Waals surface area contributed by atoms with Gasteiger partial charge in [0.05, 0.1) is 0 Å². The lowest BCUT2D eigenvalue weighted by Gasteiger charge is -2.08. The molecule has 1 atom stereocenters. The Balaban J connectivity index is 0.00000242. The van der Waals surface area contributed by atoms with Crippen LogP contribution in [0.4, 0.5) is 0 Å². The molecule has 5 nitrogen and oxygen atoms in total. The molecule has 0 bridgehead atoms. The van der Waals surface area contributed by atoms with Gasteiger partial charge < -0.3 is 21.6 Å². The van der Waals surface area contributed by atoms with Crippen LogP contribution >= 0.6 is 15.9 Å². The maximum Gasteiger partial charge on any atom is 0.251 e. The molecule has 2 aromatic carbocycles. The second kappa shape index (κ2) is 8.65. The van der Waals surface area contributed by atoms with Crippen molar-refractivity contribution < 1.29 is 15.4 Å². The standard InChI is InChI=1S/C16H17BrN2O2.H2O/c17-14-3-1-2-13(10-14)16(21)19-9-8-11-4-6-12(7-5-11)15(18)20;/h1-7,10,15,20H,8-9,18H2,(H,19,21);1H2. The molecule has 0 aromatic heterocycles. The molecule has 0 aliphatic carbocycles. The lowest BCUT2D eigenvalue weighted by molar-refractivity contribution is 0.0954. The van der Waals surface area contributed by atoms with Crippen molar-refractivity contribution in [2.75, 3.05) is 6.54 Å². The van der Waals surface area contributed by atoms with E-state index in [-0.39, 0.29) is 11.4 Å². The molecule has 2 aromatic rings. The van der Waals surface area contributed by atoms with Crippen molar-refractivity contribution in [2.45, 2.75) is 12.6 Å². The second-order valence-electron chi connectivity index (χ2n) is 4.70. The number of nitrogens with two attached hydrogens (primary N) is 1. The Bertz CT molecular complexity index is 615. The number of carbonyl (C=O) groups is 1. The molecule has 0 fully saturated rings. The smallest absolute Gasteiger partial charge is 0.251 e. The number of aliphatic hydroxyl groups is 1. The number of amides is 1. The SMILES string of the molecule is NC(O)c1ccc(CCNC(=O)c2cccc(Br)c2)cc1.O. The summed E-state index contributed by atoms with van der Waals surface area (Å²) in [6, 6.07) is 14.6. The largest absolute Gasteiger partial charge is 0.412 e. The van der Waals surface area contributed by atoms with Crippen molar-refractivity contribution >= 4 is 21.8 Å². The van der Waals surface area contributed by atoms with Crippen molar-refractivity contribution in [2.24, 2.45) is 5.73 Å². The average Bonchev–Trinajstić information content (AvgIpc) is 2.47. The second-order valence-corrected chi connectivity index (χ2v) is 5.62. The highest BCUT2D eigenvalue weighted by Gasteiger charge is 2.05. The van der Waals surface area contributed by atoms with Gasteiger partial charge in [0.2, 0.25) is 0 Å². The van der Waals surface area contributed by atoms with E-state index in [9.17, 15) is 9.90 Å². The molecule has 0 saturated heterocycles. The van der Waals surface area contributed by atoms with Gasteiger partial charge in [-0.05, 0) is 35.7 Å². The van der Waals surface area contributed by atoms with Gasteiger partial charge in [-0.3, -0.25) is 4.79 Å². The summed E-state index contributed by atoms with van der Waals surface area (Å²) in [4.78, 5) is 11.9. The van der Waals surface area contributed by atoms with Crippen LogP contribution in [-0.2, 0) is 6.42 Å². The van der Waals surface area contributed by atoms with E-state index in [1.807, 2.05) is 24.3 Å². The number of halogens is 1. The van der Waals surface area contributed by atoms with Crippen molar-refractivity contribution in [1.82, 2.24) is 5.32 Å². The van der Waals surface area contributed by atoms with E-state index in [4.69, 9.17) is 5.73 Å². The van der Waals surface area contributed by atoms with Crippen LogP contribution in [0.5, 0.6) is 0 Å². The van der Waals surface area contributed by atoms with Crippen LogP contribution in [0.3, 0.4) is 0 Å². The lowest BCUT2D eigenvalue weighted by atomic mass is 10.1. The molecule has 2 rings (SSSR count). The van der Waals surface area contributed by atoms with Crippen molar-refractivity contribution in [3.8, 4) is 0 Å². The zero-order chi connectivity index (χ0) is 15.2. The third kappa shape index (κ3) is 5.23. The maximum atomic E-state index is 11.9. The minimum Gasteiger partial charge on any atom is -0.412 e. The molecule has 22 heavy (non-hydrogen) atoms. The van der Waals surface area contributed by atoms with Gasteiger partial charge in [-0.25, -0.2) is 0 Å². The maximum absolute atomic E-state index is 11.9. The highest BCUT2D eigenvalue weighted by Crippen LogP contribution is 2.12. The first-order chi connectivity index (χ1) is 10.1. The molecule has 0 saturated carbocycles. The van der Waals surface area contributed by atoms with E-state index >= 15 is 0 Å². The molecule has 0 spiro atoms. The first-order valence-electron chi connectivity index (χ1n) is 6.62. The molecular formula is C16H19BrN2O3. The predicted molar refractivity (Wildman–Crippen MR) is 89.4 cm³/mol. The lowest BCUT2D eigenvalue weighted by Crippen LogP contribution is -2.25. The van der Waals surface area contributed by atoms with Crippen LogP contribution in [0, 0.1) is 0 Å². The van der Waals surface area contributed by atoms with Crippen molar-refractivity contribution in [3.63, 3.8) is 0 Å². The number of hydrogen-bond acceptors (Lipinski definition) is 3. The Morgan fingerprint density at radius 2 is 1.91 bits per heavy atom.